The molecule has 128 valence electrons. The fourth-order valence-corrected chi connectivity index (χ4v) is 3.41. The standard InChI is InChI=1S/C17H24N2O3.ClH/c1-21-15-4-6-16(7-5-15)22-9-8-17(20)19-14-10-12-2-3-13(11-14)18-12;/h4-7,12-14,18H,2-3,8-11H2,1H3,(H,19,20);1H. The van der Waals surface area contributed by atoms with E-state index < -0.39 is 0 Å². The van der Waals surface area contributed by atoms with E-state index in [9.17, 15) is 4.79 Å². The highest BCUT2D eigenvalue weighted by Crippen LogP contribution is 2.26. The quantitative estimate of drug-likeness (QED) is 0.834. The molecule has 2 unspecified atom stereocenters. The minimum atomic E-state index is 0. The van der Waals surface area contributed by atoms with E-state index in [0.717, 1.165) is 24.3 Å². The zero-order chi connectivity index (χ0) is 15.4. The Morgan fingerprint density at radius 3 is 2.39 bits per heavy atom. The molecule has 0 radical (unpaired) electrons. The monoisotopic (exact) mass is 340 g/mol. The van der Waals surface area contributed by atoms with Gasteiger partial charge in [-0.15, -0.1) is 12.4 Å². The number of fused-ring (bicyclic) bond motifs is 2. The van der Waals surface area contributed by atoms with Gasteiger partial charge in [-0.2, -0.15) is 0 Å². The van der Waals surface area contributed by atoms with E-state index in [1.165, 1.54) is 12.8 Å². The van der Waals surface area contributed by atoms with Gasteiger partial charge in [0.25, 0.3) is 0 Å². The molecule has 0 spiro atoms. The summed E-state index contributed by atoms with van der Waals surface area (Å²) in [4.78, 5) is 12.0. The summed E-state index contributed by atoms with van der Waals surface area (Å²) in [5.74, 6) is 1.64. The first-order valence-electron chi connectivity index (χ1n) is 8.05. The molecule has 0 aliphatic carbocycles. The predicted molar refractivity (Wildman–Crippen MR) is 91.5 cm³/mol. The number of halogens is 1. The first-order chi connectivity index (χ1) is 10.7. The molecule has 5 nitrogen and oxygen atoms in total. The van der Waals surface area contributed by atoms with E-state index >= 15 is 0 Å². The molecule has 2 aliphatic heterocycles. The largest absolute Gasteiger partial charge is 0.497 e. The van der Waals surface area contributed by atoms with Gasteiger partial charge in [-0.1, -0.05) is 0 Å². The summed E-state index contributed by atoms with van der Waals surface area (Å²) in [6.45, 7) is 0.399. The van der Waals surface area contributed by atoms with Crippen molar-refractivity contribution in [3.05, 3.63) is 24.3 Å². The molecule has 2 atom stereocenters. The highest BCUT2D eigenvalue weighted by Gasteiger charge is 2.33. The van der Waals surface area contributed by atoms with Crippen molar-refractivity contribution in [3.8, 4) is 11.5 Å². The van der Waals surface area contributed by atoms with Crippen molar-refractivity contribution in [3.63, 3.8) is 0 Å². The fraction of sp³-hybridized carbons (Fsp3) is 0.588. The van der Waals surface area contributed by atoms with Crippen LogP contribution in [0.3, 0.4) is 0 Å². The molecule has 0 saturated carbocycles. The second-order valence-corrected chi connectivity index (χ2v) is 6.15. The minimum Gasteiger partial charge on any atom is -0.497 e. The number of piperidine rings is 1. The van der Waals surface area contributed by atoms with Crippen LogP contribution in [0.1, 0.15) is 32.1 Å². The molecule has 1 aromatic carbocycles. The Labute approximate surface area is 143 Å². The van der Waals surface area contributed by atoms with Crippen molar-refractivity contribution in [1.82, 2.24) is 10.6 Å². The Morgan fingerprint density at radius 1 is 1.17 bits per heavy atom. The van der Waals surface area contributed by atoms with Gasteiger partial charge in [0.15, 0.2) is 0 Å². The predicted octanol–water partition coefficient (Wildman–Crippen LogP) is 2.29. The minimum absolute atomic E-state index is 0. The van der Waals surface area contributed by atoms with E-state index in [0.29, 0.717) is 31.2 Å². The topological polar surface area (TPSA) is 59.6 Å². The van der Waals surface area contributed by atoms with Crippen LogP contribution in [0.25, 0.3) is 0 Å². The van der Waals surface area contributed by atoms with E-state index in [2.05, 4.69) is 10.6 Å². The average molecular weight is 341 g/mol. The first-order valence-corrected chi connectivity index (χ1v) is 8.05. The maximum Gasteiger partial charge on any atom is 0.223 e. The van der Waals surface area contributed by atoms with E-state index in [1.54, 1.807) is 7.11 Å². The van der Waals surface area contributed by atoms with Crippen LogP contribution >= 0.6 is 12.4 Å². The van der Waals surface area contributed by atoms with Crippen LogP contribution in [0.4, 0.5) is 0 Å². The molecule has 2 N–H and O–H groups in total. The molecular formula is C17H25ClN2O3. The van der Waals surface area contributed by atoms with Gasteiger partial charge in [-0.25, -0.2) is 0 Å². The molecule has 2 heterocycles. The third-order valence-corrected chi connectivity index (χ3v) is 4.50. The summed E-state index contributed by atoms with van der Waals surface area (Å²) in [6, 6.07) is 8.91. The number of hydrogen-bond acceptors (Lipinski definition) is 4. The Bertz CT molecular complexity index is 497. The fourth-order valence-electron chi connectivity index (χ4n) is 3.41. The number of benzene rings is 1. The van der Waals surface area contributed by atoms with Crippen LogP contribution in [0.2, 0.25) is 0 Å². The van der Waals surface area contributed by atoms with E-state index in [4.69, 9.17) is 9.47 Å². The molecule has 2 aliphatic rings. The lowest BCUT2D eigenvalue weighted by molar-refractivity contribution is -0.122. The lowest BCUT2D eigenvalue weighted by Gasteiger charge is -2.29. The van der Waals surface area contributed by atoms with Crippen molar-refractivity contribution >= 4 is 18.3 Å². The molecule has 1 aromatic rings. The maximum absolute atomic E-state index is 12.0. The van der Waals surface area contributed by atoms with Crippen molar-refractivity contribution in [2.75, 3.05) is 13.7 Å². The zero-order valence-electron chi connectivity index (χ0n) is 13.4. The number of amides is 1. The van der Waals surface area contributed by atoms with E-state index in [1.807, 2.05) is 24.3 Å². The van der Waals surface area contributed by atoms with Gasteiger partial charge < -0.3 is 20.1 Å². The number of ether oxygens (including phenoxy) is 2. The number of nitrogens with one attached hydrogen (secondary N) is 2. The second-order valence-electron chi connectivity index (χ2n) is 6.15. The lowest BCUT2D eigenvalue weighted by Crippen LogP contribution is -2.48. The third-order valence-electron chi connectivity index (χ3n) is 4.50. The smallest absolute Gasteiger partial charge is 0.223 e. The number of carbonyl (C=O) groups is 1. The second kappa shape index (κ2) is 8.41. The van der Waals surface area contributed by atoms with Crippen molar-refractivity contribution in [2.24, 2.45) is 0 Å². The van der Waals surface area contributed by atoms with Crippen molar-refractivity contribution in [1.29, 1.82) is 0 Å². The number of rotatable bonds is 6. The summed E-state index contributed by atoms with van der Waals surface area (Å²) < 4.78 is 10.7. The highest BCUT2D eigenvalue weighted by atomic mass is 35.5. The van der Waals surface area contributed by atoms with Crippen LogP contribution in [-0.4, -0.2) is 37.7 Å². The summed E-state index contributed by atoms with van der Waals surface area (Å²) in [6.07, 6.45) is 5.00. The summed E-state index contributed by atoms with van der Waals surface area (Å²) in [5.41, 5.74) is 0. The van der Waals surface area contributed by atoms with Gasteiger partial charge in [0.2, 0.25) is 5.91 Å². The highest BCUT2D eigenvalue weighted by molar-refractivity contribution is 5.85. The summed E-state index contributed by atoms with van der Waals surface area (Å²) >= 11 is 0. The zero-order valence-corrected chi connectivity index (χ0v) is 14.2. The van der Waals surface area contributed by atoms with Gasteiger partial charge in [0.05, 0.1) is 20.1 Å². The van der Waals surface area contributed by atoms with Crippen LogP contribution < -0.4 is 20.1 Å². The average Bonchev–Trinajstić information content (AvgIpc) is 2.87. The van der Waals surface area contributed by atoms with Gasteiger partial charge in [0, 0.05) is 18.1 Å². The van der Waals surface area contributed by atoms with Gasteiger partial charge in [-0.3, -0.25) is 4.79 Å². The van der Waals surface area contributed by atoms with Crippen LogP contribution in [0, 0.1) is 0 Å². The number of methoxy groups -OCH3 is 1. The Balaban J connectivity index is 0.00000192. The van der Waals surface area contributed by atoms with Crippen molar-refractivity contribution < 1.29 is 14.3 Å². The van der Waals surface area contributed by atoms with Gasteiger partial charge >= 0.3 is 0 Å². The first kappa shape index (κ1) is 17.9. The summed E-state index contributed by atoms with van der Waals surface area (Å²) in [7, 11) is 1.63. The molecule has 2 fully saturated rings. The molecular weight excluding hydrogens is 316 g/mol. The Hall–Kier alpha value is -1.46. The van der Waals surface area contributed by atoms with Crippen LogP contribution in [0.15, 0.2) is 24.3 Å². The third kappa shape index (κ3) is 5.01. The SMILES string of the molecule is COc1ccc(OCCC(=O)NC2CC3CCC(C2)N3)cc1.Cl. The Morgan fingerprint density at radius 2 is 1.78 bits per heavy atom. The van der Waals surface area contributed by atoms with Crippen LogP contribution in [0.5, 0.6) is 11.5 Å². The number of hydrogen-bond donors (Lipinski definition) is 2. The van der Waals surface area contributed by atoms with E-state index in [-0.39, 0.29) is 18.3 Å². The molecule has 1 amide bonds. The van der Waals surface area contributed by atoms with Crippen molar-refractivity contribution in [2.45, 2.75) is 50.2 Å². The molecule has 23 heavy (non-hydrogen) atoms. The van der Waals surface area contributed by atoms with Gasteiger partial charge in [0.1, 0.15) is 11.5 Å². The summed E-state index contributed by atoms with van der Waals surface area (Å²) in [5, 5.41) is 6.73. The molecule has 6 heteroatoms. The lowest BCUT2D eigenvalue weighted by atomic mass is 10.00. The normalized spacial score (nSPS) is 25.3. The van der Waals surface area contributed by atoms with Crippen LogP contribution in [-0.2, 0) is 4.79 Å². The Kier molecular flexibility index (Phi) is 6.54. The molecule has 3 rings (SSSR count). The maximum atomic E-state index is 12.0. The molecule has 2 bridgehead atoms. The number of carbonyl (C=O) groups excluding carboxylic acids is 1. The van der Waals surface area contributed by atoms with Gasteiger partial charge in [-0.05, 0) is 49.9 Å². The molecule has 2 saturated heterocycles. The molecule has 0 aromatic heterocycles.